The lowest BCUT2D eigenvalue weighted by Crippen LogP contribution is -2.29. The van der Waals surface area contributed by atoms with Crippen LogP contribution in [0, 0.1) is 0 Å². The number of H-pyrrole nitrogens is 1. The van der Waals surface area contributed by atoms with Crippen molar-refractivity contribution in [3.63, 3.8) is 0 Å². The number of ketones is 1. The van der Waals surface area contributed by atoms with Gasteiger partial charge in [-0.25, -0.2) is 13.6 Å². The number of aliphatic hydroxyl groups is 1. The molecule has 0 radical (unpaired) electrons. The van der Waals surface area contributed by atoms with E-state index >= 15 is 0 Å². The molecule has 1 unspecified atom stereocenters. The van der Waals surface area contributed by atoms with Crippen LogP contribution in [0.15, 0.2) is 89.7 Å². The number of benzene rings is 2. The van der Waals surface area contributed by atoms with Crippen LogP contribution in [0.4, 0.5) is 5.69 Å². The number of nitrogens with two attached hydrogens (primary N) is 1. The Balaban J connectivity index is 1.72. The third-order valence-corrected chi connectivity index (χ3v) is 6.66. The van der Waals surface area contributed by atoms with Crippen molar-refractivity contribution in [2.75, 3.05) is 4.90 Å². The maximum absolute atomic E-state index is 13.2. The number of anilines is 1. The maximum atomic E-state index is 13.2. The summed E-state index contributed by atoms with van der Waals surface area (Å²) in [7, 11) is -3.94. The highest BCUT2D eigenvalue weighted by Gasteiger charge is 2.47. The van der Waals surface area contributed by atoms with E-state index in [-0.39, 0.29) is 21.9 Å². The first-order valence-corrected chi connectivity index (χ1v) is 11.7. The van der Waals surface area contributed by atoms with Gasteiger partial charge in [0, 0.05) is 40.7 Å². The SMILES string of the molecule is NS(=O)(=O)c1ccc(N2C(=O)C(=O)/C(=C(\O)c3c[nH]c4ccccc34)C2c2cccnc2)cc1. The van der Waals surface area contributed by atoms with Crippen LogP contribution < -0.4 is 10.0 Å². The summed E-state index contributed by atoms with van der Waals surface area (Å²) in [6.07, 6.45) is 4.63. The third-order valence-electron chi connectivity index (χ3n) is 5.73. The zero-order chi connectivity index (χ0) is 24.0. The summed E-state index contributed by atoms with van der Waals surface area (Å²) in [6, 6.07) is 14.9. The lowest BCUT2D eigenvalue weighted by Gasteiger charge is -2.25. The molecule has 34 heavy (non-hydrogen) atoms. The molecule has 3 heterocycles. The molecule has 4 aromatic rings. The summed E-state index contributed by atoms with van der Waals surface area (Å²) in [5, 5.41) is 17.2. The fourth-order valence-electron chi connectivity index (χ4n) is 4.16. The molecule has 0 saturated carbocycles. The number of aromatic nitrogens is 2. The number of nitrogens with zero attached hydrogens (tertiary/aromatic N) is 2. The van der Waals surface area contributed by atoms with E-state index in [1.54, 1.807) is 36.7 Å². The Hall–Kier alpha value is -4.28. The lowest BCUT2D eigenvalue weighted by atomic mass is 9.96. The summed E-state index contributed by atoms with van der Waals surface area (Å²) < 4.78 is 23.3. The topological polar surface area (TPSA) is 146 Å². The second-order valence-corrected chi connectivity index (χ2v) is 9.30. The van der Waals surface area contributed by atoms with Crippen molar-refractivity contribution in [1.82, 2.24) is 9.97 Å². The molecule has 10 heteroatoms. The van der Waals surface area contributed by atoms with E-state index < -0.39 is 27.8 Å². The smallest absolute Gasteiger partial charge is 0.300 e. The van der Waals surface area contributed by atoms with Gasteiger partial charge in [0.25, 0.3) is 11.7 Å². The van der Waals surface area contributed by atoms with Gasteiger partial charge >= 0.3 is 0 Å². The van der Waals surface area contributed by atoms with Gasteiger partial charge in [0.05, 0.1) is 16.5 Å². The van der Waals surface area contributed by atoms with Crippen LogP contribution in [-0.2, 0) is 19.6 Å². The number of carbonyl (C=O) groups is 2. The number of amides is 1. The van der Waals surface area contributed by atoms with Crippen LogP contribution in [0.25, 0.3) is 16.7 Å². The Bertz CT molecular complexity index is 1570. The Morgan fingerprint density at radius 3 is 2.44 bits per heavy atom. The van der Waals surface area contributed by atoms with Crippen molar-refractivity contribution in [2.24, 2.45) is 5.14 Å². The number of hydrogen-bond acceptors (Lipinski definition) is 6. The molecule has 1 atom stereocenters. The zero-order valence-corrected chi connectivity index (χ0v) is 18.4. The van der Waals surface area contributed by atoms with Gasteiger partial charge in [-0.1, -0.05) is 24.3 Å². The average Bonchev–Trinajstić information content (AvgIpc) is 3.38. The molecule has 0 spiro atoms. The molecule has 2 aromatic carbocycles. The van der Waals surface area contributed by atoms with E-state index in [0.29, 0.717) is 16.5 Å². The van der Waals surface area contributed by atoms with Gasteiger partial charge in [-0.3, -0.25) is 19.5 Å². The molecular weight excluding hydrogens is 456 g/mol. The van der Waals surface area contributed by atoms with Gasteiger partial charge in [0.2, 0.25) is 10.0 Å². The van der Waals surface area contributed by atoms with Crippen molar-refractivity contribution in [1.29, 1.82) is 0 Å². The third kappa shape index (κ3) is 3.45. The number of aromatic amines is 1. The van der Waals surface area contributed by atoms with E-state index in [2.05, 4.69) is 9.97 Å². The first-order valence-electron chi connectivity index (χ1n) is 10.2. The first kappa shape index (κ1) is 21.6. The molecule has 0 bridgehead atoms. The van der Waals surface area contributed by atoms with E-state index in [4.69, 9.17) is 5.14 Å². The van der Waals surface area contributed by atoms with Gasteiger partial charge in [0.1, 0.15) is 5.76 Å². The number of pyridine rings is 1. The number of Topliss-reactive ketones (excluding diaryl/α,β-unsaturated/α-hetero) is 1. The quantitative estimate of drug-likeness (QED) is 0.235. The van der Waals surface area contributed by atoms with Gasteiger partial charge in [0.15, 0.2) is 0 Å². The number of para-hydroxylation sites is 1. The number of aliphatic hydroxyl groups excluding tert-OH is 1. The van der Waals surface area contributed by atoms with Crippen molar-refractivity contribution < 1.29 is 23.1 Å². The number of primary sulfonamides is 1. The second kappa shape index (κ2) is 7.94. The number of fused-ring (bicyclic) bond motifs is 1. The van der Waals surface area contributed by atoms with Gasteiger partial charge in [-0.05, 0) is 42.0 Å². The van der Waals surface area contributed by atoms with Gasteiger partial charge in [-0.15, -0.1) is 0 Å². The highest BCUT2D eigenvalue weighted by molar-refractivity contribution is 7.89. The van der Waals surface area contributed by atoms with Crippen molar-refractivity contribution in [3.8, 4) is 0 Å². The predicted molar refractivity (Wildman–Crippen MR) is 125 cm³/mol. The largest absolute Gasteiger partial charge is 0.507 e. The van der Waals surface area contributed by atoms with E-state index in [9.17, 15) is 23.1 Å². The molecule has 1 amide bonds. The van der Waals surface area contributed by atoms with Crippen molar-refractivity contribution in [3.05, 3.63) is 96.0 Å². The highest BCUT2D eigenvalue weighted by Crippen LogP contribution is 2.42. The Morgan fingerprint density at radius 2 is 1.76 bits per heavy atom. The number of rotatable bonds is 4. The standard InChI is InChI=1S/C24H18N4O5S/c25-34(32,33)16-9-7-15(8-10-16)28-21(14-4-3-11-26-12-14)20(23(30)24(28)31)22(29)18-13-27-19-6-2-1-5-17(18)19/h1-13,21,27,29H,(H2,25,32,33)/b22-20-. The molecule has 1 fully saturated rings. The monoisotopic (exact) mass is 474 g/mol. The Kier molecular flexibility index (Phi) is 5.03. The number of sulfonamides is 1. The fraction of sp³-hybridized carbons (Fsp3) is 0.0417. The summed E-state index contributed by atoms with van der Waals surface area (Å²) >= 11 is 0. The summed E-state index contributed by atoms with van der Waals surface area (Å²) in [5.41, 5.74) is 1.81. The molecule has 1 saturated heterocycles. The minimum atomic E-state index is -3.94. The van der Waals surface area contributed by atoms with Crippen LogP contribution >= 0.6 is 0 Å². The second-order valence-electron chi connectivity index (χ2n) is 7.74. The Labute approximate surface area is 194 Å². The van der Waals surface area contributed by atoms with E-state index in [0.717, 1.165) is 5.52 Å². The molecule has 9 nitrogen and oxygen atoms in total. The summed E-state index contributed by atoms with van der Waals surface area (Å²) in [4.78, 5) is 34.6. The van der Waals surface area contributed by atoms with E-state index in [1.165, 1.54) is 35.4 Å². The van der Waals surface area contributed by atoms with Gasteiger partial charge < -0.3 is 10.1 Å². The summed E-state index contributed by atoms with van der Waals surface area (Å²) in [6.45, 7) is 0. The zero-order valence-electron chi connectivity index (χ0n) is 17.5. The van der Waals surface area contributed by atoms with Crippen LogP contribution in [0.3, 0.4) is 0 Å². The number of nitrogens with one attached hydrogen (secondary N) is 1. The highest BCUT2D eigenvalue weighted by atomic mass is 32.2. The molecule has 2 aromatic heterocycles. The molecule has 1 aliphatic heterocycles. The minimum absolute atomic E-state index is 0.0988. The summed E-state index contributed by atoms with van der Waals surface area (Å²) in [5.74, 6) is -2.06. The predicted octanol–water partition coefficient (Wildman–Crippen LogP) is 2.84. The number of carbonyl (C=O) groups excluding carboxylic acids is 2. The maximum Gasteiger partial charge on any atom is 0.300 e. The first-order chi connectivity index (χ1) is 16.3. The van der Waals surface area contributed by atoms with Crippen LogP contribution in [-0.4, -0.2) is 35.2 Å². The van der Waals surface area contributed by atoms with Crippen molar-refractivity contribution >= 4 is 44.1 Å². The average molecular weight is 474 g/mol. The molecule has 0 aliphatic carbocycles. The minimum Gasteiger partial charge on any atom is -0.507 e. The number of hydrogen-bond donors (Lipinski definition) is 3. The molecule has 1 aliphatic rings. The lowest BCUT2D eigenvalue weighted by molar-refractivity contribution is -0.132. The fourth-order valence-corrected chi connectivity index (χ4v) is 4.68. The molecule has 170 valence electrons. The van der Waals surface area contributed by atoms with Crippen molar-refractivity contribution in [2.45, 2.75) is 10.9 Å². The molecule has 4 N–H and O–H groups in total. The Morgan fingerprint density at radius 1 is 1.03 bits per heavy atom. The van der Waals surface area contributed by atoms with Crippen LogP contribution in [0.5, 0.6) is 0 Å². The van der Waals surface area contributed by atoms with Crippen LogP contribution in [0.1, 0.15) is 17.2 Å². The van der Waals surface area contributed by atoms with Crippen LogP contribution in [0.2, 0.25) is 0 Å². The normalized spacial score (nSPS) is 18.0. The molecular formula is C24H18N4O5S. The van der Waals surface area contributed by atoms with E-state index in [1.807, 2.05) is 12.1 Å². The van der Waals surface area contributed by atoms with Gasteiger partial charge in [-0.2, -0.15) is 0 Å². The molecule has 5 rings (SSSR count).